The summed E-state index contributed by atoms with van der Waals surface area (Å²) in [6.07, 6.45) is 3.73. The summed E-state index contributed by atoms with van der Waals surface area (Å²) in [6.45, 7) is 2.05. The molecule has 0 bridgehead atoms. The molecule has 0 saturated heterocycles. The zero-order valence-electron chi connectivity index (χ0n) is 9.07. The summed E-state index contributed by atoms with van der Waals surface area (Å²) in [7, 11) is 0. The van der Waals surface area contributed by atoms with Crippen LogP contribution in [0.1, 0.15) is 19.8 Å². The molecule has 0 radical (unpaired) electrons. The molecular weight excluding hydrogens is 261 g/mol. The van der Waals surface area contributed by atoms with E-state index < -0.39 is 0 Å². The first-order valence-corrected chi connectivity index (χ1v) is 6.01. The Morgan fingerprint density at radius 3 is 2.41 bits per heavy atom. The van der Waals surface area contributed by atoms with Crippen molar-refractivity contribution in [2.45, 2.75) is 25.3 Å². The van der Waals surface area contributed by atoms with Crippen LogP contribution in [-0.4, -0.2) is 14.8 Å². The van der Waals surface area contributed by atoms with E-state index in [4.69, 9.17) is 23.2 Å². The quantitative estimate of drug-likeness (QED) is 0.800. The van der Waals surface area contributed by atoms with Gasteiger partial charge in [0, 0.05) is 28.6 Å². The van der Waals surface area contributed by atoms with Crippen LogP contribution in [0.15, 0.2) is 17.1 Å². The van der Waals surface area contributed by atoms with Crippen LogP contribution >= 0.6 is 23.2 Å². The van der Waals surface area contributed by atoms with E-state index in [1.165, 1.54) is 6.07 Å². The van der Waals surface area contributed by atoms with Crippen LogP contribution in [0.3, 0.4) is 0 Å². The number of aromatic nitrogens is 3. The van der Waals surface area contributed by atoms with E-state index in [0.29, 0.717) is 10.8 Å². The molecule has 2 aromatic rings. The predicted octanol–water partition coefficient (Wildman–Crippen LogP) is 2.61. The molecule has 88 valence electrons. The molecule has 2 aromatic heterocycles. The van der Waals surface area contributed by atoms with Gasteiger partial charge in [-0.1, -0.05) is 23.2 Å². The van der Waals surface area contributed by atoms with Crippen LogP contribution in [0.4, 0.5) is 0 Å². The van der Waals surface area contributed by atoms with Crippen LogP contribution in [0.25, 0.3) is 10.8 Å². The van der Waals surface area contributed by atoms with Gasteiger partial charge >= 0.3 is 0 Å². The van der Waals surface area contributed by atoms with Gasteiger partial charge in [0.1, 0.15) is 0 Å². The van der Waals surface area contributed by atoms with Gasteiger partial charge < -0.3 is 4.57 Å². The molecule has 2 heterocycles. The van der Waals surface area contributed by atoms with Crippen molar-refractivity contribution in [1.82, 2.24) is 14.8 Å². The first-order chi connectivity index (χ1) is 8.01. The van der Waals surface area contributed by atoms with Gasteiger partial charge in [0.25, 0.3) is 5.56 Å². The van der Waals surface area contributed by atoms with E-state index in [9.17, 15) is 4.79 Å². The lowest BCUT2D eigenvalue weighted by Gasteiger charge is -2.14. The smallest absolute Gasteiger partial charge is 0.251 e. The maximum absolute atomic E-state index is 12.0. The Hall–Kier alpha value is -1.13. The minimum Gasteiger partial charge on any atom is -0.309 e. The second-order valence-electron chi connectivity index (χ2n) is 4.59. The number of pyridine rings is 1. The number of hydrogen-bond donors (Lipinski definition) is 0. The van der Waals surface area contributed by atoms with Crippen LogP contribution in [0.5, 0.6) is 0 Å². The molecule has 1 aliphatic carbocycles. The van der Waals surface area contributed by atoms with Gasteiger partial charge in [0.05, 0.1) is 0 Å². The fourth-order valence-corrected chi connectivity index (χ4v) is 2.29. The highest BCUT2D eigenvalue weighted by Gasteiger charge is 2.40. The molecule has 1 aliphatic rings. The monoisotopic (exact) mass is 269 g/mol. The third-order valence-electron chi connectivity index (χ3n) is 3.28. The standard InChI is InChI=1S/C11H9Cl2N3O/c1-11(2-3-11)16-5-7-6(4-8(16)17)9(12)14-15-10(7)13/h4-5H,2-3H2,1H3. The highest BCUT2D eigenvalue weighted by atomic mass is 35.5. The van der Waals surface area contributed by atoms with Gasteiger partial charge in [-0.15, -0.1) is 10.2 Å². The summed E-state index contributed by atoms with van der Waals surface area (Å²) in [5, 5.41) is 9.13. The summed E-state index contributed by atoms with van der Waals surface area (Å²) in [6, 6.07) is 1.47. The zero-order chi connectivity index (χ0) is 12.2. The van der Waals surface area contributed by atoms with E-state index in [-0.39, 0.29) is 21.4 Å². The van der Waals surface area contributed by atoms with Gasteiger partial charge in [-0.05, 0) is 19.8 Å². The molecule has 0 amide bonds. The highest BCUT2D eigenvalue weighted by molar-refractivity contribution is 6.38. The lowest BCUT2D eigenvalue weighted by Crippen LogP contribution is -2.27. The molecule has 3 rings (SSSR count). The maximum atomic E-state index is 12.0. The summed E-state index contributed by atoms with van der Waals surface area (Å²) < 4.78 is 1.71. The van der Waals surface area contributed by atoms with Crippen molar-refractivity contribution in [2.75, 3.05) is 0 Å². The Morgan fingerprint density at radius 2 is 1.82 bits per heavy atom. The molecule has 0 N–H and O–H groups in total. The minimum absolute atomic E-state index is 0.0790. The van der Waals surface area contributed by atoms with Crippen LogP contribution in [0.2, 0.25) is 10.3 Å². The van der Waals surface area contributed by atoms with E-state index in [1.807, 2.05) is 6.92 Å². The van der Waals surface area contributed by atoms with Crippen molar-refractivity contribution < 1.29 is 0 Å². The number of hydrogen-bond acceptors (Lipinski definition) is 3. The van der Waals surface area contributed by atoms with Crippen molar-refractivity contribution >= 4 is 34.0 Å². The molecular formula is C11H9Cl2N3O. The number of halogens is 2. The summed E-state index contributed by atoms with van der Waals surface area (Å²) in [5.74, 6) is 0. The van der Waals surface area contributed by atoms with Crippen LogP contribution < -0.4 is 5.56 Å². The maximum Gasteiger partial charge on any atom is 0.251 e. The summed E-state index contributed by atoms with van der Waals surface area (Å²) in [4.78, 5) is 12.0. The molecule has 0 aromatic carbocycles. The fourth-order valence-electron chi connectivity index (χ4n) is 1.91. The van der Waals surface area contributed by atoms with Crippen LogP contribution in [-0.2, 0) is 5.54 Å². The molecule has 0 spiro atoms. The van der Waals surface area contributed by atoms with Gasteiger partial charge in [0.15, 0.2) is 10.3 Å². The molecule has 6 heteroatoms. The Balaban J connectivity index is 2.39. The van der Waals surface area contributed by atoms with Crippen LogP contribution in [0, 0.1) is 0 Å². The second-order valence-corrected chi connectivity index (χ2v) is 5.30. The average molecular weight is 270 g/mol. The fraction of sp³-hybridized carbons (Fsp3) is 0.364. The third-order valence-corrected chi connectivity index (χ3v) is 3.84. The molecule has 1 fully saturated rings. The Labute approximate surface area is 107 Å². The van der Waals surface area contributed by atoms with E-state index in [0.717, 1.165) is 12.8 Å². The minimum atomic E-state index is -0.0801. The van der Waals surface area contributed by atoms with Crippen molar-refractivity contribution in [3.8, 4) is 0 Å². The van der Waals surface area contributed by atoms with E-state index in [2.05, 4.69) is 10.2 Å². The largest absolute Gasteiger partial charge is 0.309 e. The first kappa shape index (κ1) is 11.0. The van der Waals surface area contributed by atoms with Crippen molar-refractivity contribution in [3.05, 3.63) is 32.9 Å². The lowest BCUT2D eigenvalue weighted by molar-refractivity contribution is 0.516. The molecule has 0 aliphatic heterocycles. The second kappa shape index (κ2) is 3.43. The lowest BCUT2D eigenvalue weighted by atomic mass is 10.2. The SMILES string of the molecule is CC1(n2cc3c(Cl)nnc(Cl)c3cc2=O)CC1. The Bertz CT molecular complexity index is 676. The molecule has 0 unspecified atom stereocenters. The Morgan fingerprint density at radius 1 is 1.24 bits per heavy atom. The van der Waals surface area contributed by atoms with E-state index in [1.54, 1.807) is 10.8 Å². The van der Waals surface area contributed by atoms with Crippen molar-refractivity contribution in [3.63, 3.8) is 0 Å². The van der Waals surface area contributed by atoms with Gasteiger partial charge in [-0.3, -0.25) is 4.79 Å². The summed E-state index contributed by atoms with van der Waals surface area (Å²) in [5.41, 5.74) is -0.159. The topological polar surface area (TPSA) is 47.8 Å². The molecule has 1 saturated carbocycles. The van der Waals surface area contributed by atoms with Crippen molar-refractivity contribution in [1.29, 1.82) is 0 Å². The summed E-state index contributed by atoms with van der Waals surface area (Å²) >= 11 is 11.9. The van der Waals surface area contributed by atoms with Gasteiger partial charge in [0.2, 0.25) is 0 Å². The highest BCUT2D eigenvalue weighted by Crippen LogP contribution is 2.42. The van der Waals surface area contributed by atoms with Gasteiger partial charge in [-0.25, -0.2) is 0 Å². The van der Waals surface area contributed by atoms with E-state index >= 15 is 0 Å². The molecule has 0 atom stereocenters. The predicted molar refractivity (Wildman–Crippen MR) is 66.7 cm³/mol. The van der Waals surface area contributed by atoms with Crippen molar-refractivity contribution in [2.24, 2.45) is 0 Å². The molecule has 17 heavy (non-hydrogen) atoms. The number of fused-ring (bicyclic) bond motifs is 1. The number of nitrogens with zero attached hydrogens (tertiary/aromatic N) is 3. The third kappa shape index (κ3) is 1.63. The molecule has 4 nitrogen and oxygen atoms in total. The average Bonchev–Trinajstić information content (AvgIpc) is 3.03. The normalized spacial score (nSPS) is 17.4. The number of rotatable bonds is 1. The first-order valence-electron chi connectivity index (χ1n) is 5.26. The zero-order valence-corrected chi connectivity index (χ0v) is 10.6. The van der Waals surface area contributed by atoms with Gasteiger partial charge in [-0.2, -0.15) is 0 Å². The Kier molecular flexibility index (Phi) is 2.22.